The summed E-state index contributed by atoms with van der Waals surface area (Å²) in [6, 6.07) is 6.32. The third kappa shape index (κ3) is 5.16. The van der Waals surface area contributed by atoms with Crippen LogP contribution >= 0.6 is 0 Å². The van der Waals surface area contributed by atoms with Crippen LogP contribution in [0.3, 0.4) is 0 Å². The average Bonchev–Trinajstić information content (AvgIpc) is 2.24. The lowest BCUT2D eigenvalue weighted by Crippen LogP contribution is -2.20. The maximum Gasteiger partial charge on any atom is 0.306 e. The zero-order chi connectivity index (χ0) is 12.9. The van der Waals surface area contributed by atoms with Crippen LogP contribution in [-0.4, -0.2) is 32.9 Å². The number of nitrogens with one attached hydrogen (secondary N) is 1. The molecular weight excluding hydrogens is 242 g/mol. The van der Waals surface area contributed by atoms with E-state index in [0.29, 0.717) is 12.1 Å². The number of benzene rings is 1. The van der Waals surface area contributed by atoms with Crippen molar-refractivity contribution in [1.29, 1.82) is 0 Å². The van der Waals surface area contributed by atoms with Crippen molar-refractivity contribution in [2.75, 3.05) is 19.3 Å². The first kappa shape index (κ1) is 14.0. The summed E-state index contributed by atoms with van der Waals surface area (Å²) in [5.41, 5.74) is 0.715. The Labute approximate surface area is 102 Å². The van der Waals surface area contributed by atoms with Crippen molar-refractivity contribution >= 4 is 10.1 Å². The van der Waals surface area contributed by atoms with E-state index in [9.17, 15) is 13.5 Å². The summed E-state index contributed by atoms with van der Waals surface area (Å²) in [6.07, 6.45) is 0.378. The van der Waals surface area contributed by atoms with E-state index < -0.39 is 16.2 Å². The Balaban J connectivity index is 2.67. The van der Waals surface area contributed by atoms with Gasteiger partial charge in [0.05, 0.1) is 12.4 Å². The molecule has 0 amide bonds. The smallest absolute Gasteiger partial charge is 0.306 e. The standard InChI is InChI=1S/C11H17NO4S/c1-3-12-8-11(13)9-4-6-10(7-5-9)16-17(2,14)15/h4-7,11-13H,3,8H2,1-2H3/t11-/m0/s1. The molecule has 1 atom stereocenters. The first-order valence-electron chi connectivity index (χ1n) is 5.30. The van der Waals surface area contributed by atoms with Crippen LogP contribution in [-0.2, 0) is 10.1 Å². The maximum absolute atomic E-state index is 10.9. The summed E-state index contributed by atoms with van der Waals surface area (Å²) in [4.78, 5) is 0. The van der Waals surface area contributed by atoms with Crippen LogP contribution in [0.4, 0.5) is 0 Å². The zero-order valence-electron chi connectivity index (χ0n) is 9.88. The first-order valence-corrected chi connectivity index (χ1v) is 7.12. The molecular formula is C11H17NO4S. The molecule has 0 aliphatic heterocycles. The molecule has 0 unspecified atom stereocenters. The van der Waals surface area contributed by atoms with Gasteiger partial charge in [0.15, 0.2) is 0 Å². The van der Waals surface area contributed by atoms with Crippen LogP contribution < -0.4 is 9.50 Å². The van der Waals surface area contributed by atoms with Crippen molar-refractivity contribution in [2.45, 2.75) is 13.0 Å². The summed E-state index contributed by atoms with van der Waals surface area (Å²) in [5.74, 6) is 0.243. The van der Waals surface area contributed by atoms with Gasteiger partial charge >= 0.3 is 10.1 Å². The van der Waals surface area contributed by atoms with Crippen LogP contribution in [0.2, 0.25) is 0 Å². The van der Waals surface area contributed by atoms with Crippen LogP contribution in [0.15, 0.2) is 24.3 Å². The van der Waals surface area contributed by atoms with Gasteiger partial charge in [0.25, 0.3) is 0 Å². The minimum Gasteiger partial charge on any atom is -0.387 e. The quantitative estimate of drug-likeness (QED) is 0.734. The average molecular weight is 259 g/mol. The van der Waals surface area contributed by atoms with Gasteiger partial charge in [0.1, 0.15) is 5.75 Å². The predicted molar refractivity (Wildman–Crippen MR) is 65.4 cm³/mol. The van der Waals surface area contributed by atoms with Gasteiger partial charge in [-0.1, -0.05) is 19.1 Å². The summed E-state index contributed by atoms with van der Waals surface area (Å²) < 4.78 is 26.5. The van der Waals surface area contributed by atoms with Crippen molar-refractivity contribution < 1.29 is 17.7 Å². The molecule has 0 saturated heterocycles. The van der Waals surface area contributed by atoms with Crippen LogP contribution in [0.5, 0.6) is 5.75 Å². The van der Waals surface area contributed by atoms with Gasteiger partial charge in [-0.15, -0.1) is 0 Å². The molecule has 0 saturated carbocycles. The Bertz CT molecular complexity index is 441. The summed E-state index contributed by atoms with van der Waals surface area (Å²) >= 11 is 0. The largest absolute Gasteiger partial charge is 0.387 e. The summed E-state index contributed by atoms with van der Waals surface area (Å²) in [7, 11) is -3.50. The second kappa shape index (κ2) is 6.00. The lowest BCUT2D eigenvalue weighted by Gasteiger charge is -2.11. The lowest BCUT2D eigenvalue weighted by atomic mass is 10.1. The van der Waals surface area contributed by atoms with E-state index in [-0.39, 0.29) is 5.75 Å². The van der Waals surface area contributed by atoms with Crippen molar-refractivity contribution in [3.63, 3.8) is 0 Å². The normalized spacial score (nSPS) is 13.4. The second-order valence-electron chi connectivity index (χ2n) is 3.68. The van der Waals surface area contributed by atoms with Gasteiger partial charge in [-0.05, 0) is 24.2 Å². The molecule has 0 aliphatic rings. The number of aliphatic hydroxyl groups excluding tert-OH is 1. The van der Waals surface area contributed by atoms with Crippen molar-refractivity contribution in [2.24, 2.45) is 0 Å². The highest BCUT2D eigenvalue weighted by atomic mass is 32.2. The van der Waals surface area contributed by atoms with Crippen molar-refractivity contribution in [3.8, 4) is 5.75 Å². The lowest BCUT2D eigenvalue weighted by molar-refractivity contribution is 0.175. The van der Waals surface area contributed by atoms with E-state index in [0.717, 1.165) is 12.8 Å². The van der Waals surface area contributed by atoms with Crippen LogP contribution in [0.1, 0.15) is 18.6 Å². The van der Waals surface area contributed by atoms with Gasteiger partial charge in [-0.3, -0.25) is 0 Å². The molecule has 0 bridgehead atoms. The highest BCUT2D eigenvalue weighted by Crippen LogP contribution is 2.18. The minimum absolute atomic E-state index is 0.243. The van der Waals surface area contributed by atoms with Crippen molar-refractivity contribution in [3.05, 3.63) is 29.8 Å². The topological polar surface area (TPSA) is 75.6 Å². The zero-order valence-corrected chi connectivity index (χ0v) is 10.7. The number of aliphatic hydroxyl groups is 1. The summed E-state index contributed by atoms with van der Waals surface area (Å²) in [6.45, 7) is 3.20. The van der Waals surface area contributed by atoms with E-state index >= 15 is 0 Å². The Kier molecular flexibility index (Phi) is 4.92. The molecule has 0 aliphatic carbocycles. The fraction of sp³-hybridized carbons (Fsp3) is 0.455. The highest BCUT2D eigenvalue weighted by molar-refractivity contribution is 7.86. The van der Waals surface area contributed by atoms with Gasteiger partial charge in [-0.25, -0.2) is 0 Å². The fourth-order valence-corrected chi connectivity index (χ4v) is 1.78. The summed E-state index contributed by atoms with van der Waals surface area (Å²) in [5, 5.41) is 12.8. The monoisotopic (exact) mass is 259 g/mol. The molecule has 1 rings (SSSR count). The van der Waals surface area contributed by atoms with Gasteiger partial charge in [0, 0.05) is 6.54 Å². The van der Waals surface area contributed by atoms with E-state index in [4.69, 9.17) is 4.18 Å². The first-order chi connectivity index (χ1) is 7.92. The molecule has 0 radical (unpaired) electrons. The molecule has 5 nitrogen and oxygen atoms in total. The number of hydrogen-bond acceptors (Lipinski definition) is 5. The highest BCUT2D eigenvalue weighted by Gasteiger charge is 2.08. The Hall–Kier alpha value is -1.11. The molecule has 6 heteroatoms. The molecule has 1 aromatic rings. The minimum atomic E-state index is -3.50. The molecule has 0 spiro atoms. The van der Waals surface area contributed by atoms with Gasteiger partial charge in [0.2, 0.25) is 0 Å². The van der Waals surface area contributed by atoms with Crippen molar-refractivity contribution in [1.82, 2.24) is 5.32 Å². The van der Waals surface area contributed by atoms with E-state index in [1.165, 1.54) is 12.1 Å². The third-order valence-corrected chi connectivity index (χ3v) is 2.60. The van der Waals surface area contributed by atoms with Gasteiger partial charge in [-0.2, -0.15) is 8.42 Å². The Morgan fingerprint density at radius 3 is 2.41 bits per heavy atom. The Morgan fingerprint density at radius 1 is 1.35 bits per heavy atom. The second-order valence-corrected chi connectivity index (χ2v) is 5.25. The third-order valence-electron chi connectivity index (χ3n) is 2.10. The van der Waals surface area contributed by atoms with E-state index in [1.54, 1.807) is 12.1 Å². The van der Waals surface area contributed by atoms with E-state index in [2.05, 4.69) is 5.32 Å². The molecule has 2 N–H and O–H groups in total. The van der Waals surface area contributed by atoms with E-state index in [1.807, 2.05) is 6.92 Å². The maximum atomic E-state index is 10.9. The Morgan fingerprint density at radius 2 is 1.94 bits per heavy atom. The number of hydrogen-bond donors (Lipinski definition) is 2. The van der Waals surface area contributed by atoms with Gasteiger partial charge < -0.3 is 14.6 Å². The molecule has 1 aromatic carbocycles. The van der Waals surface area contributed by atoms with Crippen LogP contribution in [0, 0.1) is 0 Å². The molecule has 0 aromatic heterocycles. The number of likely N-dealkylation sites (N-methyl/N-ethyl adjacent to an activating group) is 1. The van der Waals surface area contributed by atoms with Crippen LogP contribution in [0.25, 0.3) is 0 Å². The fourth-order valence-electron chi connectivity index (χ4n) is 1.32. The SMILES string of the molecule is CCNC[C@H](O)c1ccc(OS(C)(=O)=O)cc1. The molecule has 0 heterocycles. The molecule has 96 valence electrons. The molecule has 17 heavy (non-hydrogen) atoms. The predicted octanol–water partition coefficient (Wildman–Crippen LogP) is 0.668. The number of rotatable bonds is 6. The molecule has 0 fully saturated rings.